The molecule has 0 amide bonds. The van der Waals surface area contributed by atoms with Gasteiger partial charge in [0.05, 0.1) is 11.9 Å². The average molecular weight is 467 g/mol. The van der Waals surface area contributed by atoms with E-state index in [-0.39, 0.29) is 13.1 Å². The lowest BCUT2D eigenvalue weighted by Gasteiger charge is -2.29. The first-order valence-electron chi connectivity index (χ1n) is 10.9. The van der Waals surface area contributed by atoms with Crippen molar-refractivity contribution in [3.05, 3.63) is 22.6 Å². The van der Waals surface area contributed by atoms with E-state index in [0.29, 0.717) is 24.2 Å². The Kier molecular flexibility index (Phi) is 5.66. The molecule has 0 aromatic carbocycles. The van der Waals surface area contributed by atoms with Gasteiger partial charge >= 0.3 is 6.18 Å². The molecule has 8 nitrogen and oxygen atoms in total. The fourth-order valence-corrected chi connectivity index (χ4v) is 5.44. The van der Waals surface area contributed by atoms with Crippen LogP contribution in [0.25, 0.3) is 10.2 Å². The van der Waals surface area contributed by atoms with Crippen molar-refractivity contribution in [2.24, 2.45) is 5.92 Å². The Morgan fingerprint density at radius 3 is 2.88 bits per heavy atom. The minimum atomic E-state index is -4.51. The number of thiophene rings is 1. The van der Waals surface area contributed by atoms with Crippen molar-refractivity contribution in [2.45, 2.75) is 45.5 Å². The lowest BCUT2D eigenvalue weighted by molar-refractivity contribution is -0.147. The van der Waals surface area contributed by atoms with Gasteiger partial charge in [0.1, 0.15) is 10.6 Å². The van der Waals surface area contributed by atoms with Crippen LogP contribution in [0.3, 0.4) is 0 Å². The first-order valence-corrected chi connectivity index (χ1v) is 11.7. The number of aryl methyl sites for hydroxylation is 1. The summed E-state index contributed by atoms with van der Waals surface area (Å²) >= 11 is 1.65. The Labute approximate surface area is 187 Å². The van der Waals surface area contributed by atoms with Gasteiger partial charge in [-0.15, -0.1) is 21.5 Å². The van der Waals surface area contributed by atoms with Crippen LogP contribution in [0.5, 0.6) is 0 Å². The summed E-state index contributed by atoms with van der Waals surface area (Å²) in [4.78, 5) is 13.7. The van der Waals surface area contributed by atoms with Crippen molar-refractivity contribution >= 4 is 33.3 Å². The maximum absolute atomic E-state index is 13.2. The minimum Gasteiger partial charge on any atom is -0.354 e. The number of fused-ring (bicyclic) bond motifs is 2. The fourth-order valence-electron chi connectivity index (χ4n) is 4.32. The van der Waals surface area contributed by atoms with E-state index in [1.54, 1.807) is 11.3 Å². The summed E-state index contributed by atoms with van der Waals surface area (Å²) in [6.45, 7) is 5.70. The third-order valence-electron chi connectivity index (χ3n) is 5.94. The second kappa shape index (κ2) is 8.47. The number of hydrogen-bond donors (Lipinski definition) is 2. The summed E-state index contributed by atoms with van der Waals surface area (Å²) < 4.78 is 40.8. The van der Waals surface area contributed by atoms with Gasteiger partial charge in [-0.25, -0.2) is 4.98 Å². The molecule has 0 saturated carbocycles. The van der Waals surface area contributed by atoms with E-state index in [1.807, 2.05) is 4.90 Å². The maximum atomic E-state index is 13.2. The number of rotatable bonds is 6. The largest absolute Gasteiger partial charge is 0.451 e. The second-order valence-corrected chi connectivity index (χ2v) is 9.42. The van der Waals surface area contributed by atoms with Crippen LogP contribution >= 0.6 is 11.3 Å². The normalized spacial score (nSPS) is 19.0. The highest BCUT2D eigenvalue weighted by Crippen LogP contribution is 2.35. The van der Waals surface area contributed by atoms with Crippen LogP contribution in [0.1, 0.15) is 36.3 Å². The van der Waals surface area contributed by atoms with Gasteiger partial charge in [-0.1, -0.05) is 13.3 Å². The predicted molar refractivity (Wildman–Crippen MR) is 117 cm³/mol. The number of anilines is 2. The Bertz CT molecular complexity index is 1100. The van der Waals surface area contributed by atoms with Crippen LogP contribution in [0.2, 0.25) is 0 Å². The zero-order valence-electron chi connectivity index (χ0n) is 17.7. The van der Waals surface area contributed by atoms with Gasteiger partial charge in [0.25, 0.3) is 0 Å². The molecule has 172 valence electrons. The molecule has 2 aliphatic heterocycles. The maximum Gasteiger partial charge on any atom is 0.451 e. The monoisotopic (exact) mass is 466 g/mol. The molecule has 0 aliphatic carbocycles. The van der Waals surface area contributed by atoms with Crippen LogP contribution in [-0.2, 0) is 25.7 Å². The minimum absolute atomic E-state index is 0.158. The smallest absolute Gasteiger partial charge is 0.354 e. The summed E-state index contributed by atoms with van der Waals surface area (Å²) in [7, 11) is 0. The molecule has 0 radical (unpaired) electrons. The summed E-state index contributed by atoms with van der Waals surface area (Å²) in [6, 6.07) is 2.12. The second-order valence-electron chi connectivity index (χ2n) is 8.30. The van der Waals surface area contributed by atoms with E-state index in [4.69, 9.17) is 9.97 Å². The third-order valence-corrected chi connectivity index (χ3v) is 7.03. The topological polar surface area (TPSA) is 83.8 Å². The van der Waals surface area contributed by atoms with E-state index in [0.717, 1.165) is 59.5 Å². The van der Waals surface area contributed by atoms with Crippen LogP contribution in [0.4, 0.5) is 24.9 Å². The lowest BCUT2D eigenvalue weighted by atomic mass is 10.1. The van der Waals surface area contributed by atoms with Crippen molar-refractivity contribution in [1.29, 1.82) is 0 Å². The van der Waals surface area contributed by atoms with E-state index in [2.05, 4.69) is 33.8 Å². The molecule has 3 aromatic heterocycles. The summed E-state index contributed by atoms with van der Waals surface area (Å²) in [6.07, 6.45) is -1.40. The molecule has 0 unspecified atom stereocenters. The number of nitrogens with one attached hydrogen (secondary N) is 2. The van der Waals surface area contributed by atoms with Gasteiger partial charge < -0.3 is 20.1 Å². The zero-order chi connectivity index (χ0) is 22.3. The Balaban J connectivity index is 1.46. The van der Waals surface area contributed by atoms with Crippen molar-refractivity contribution < 1.29 is 13.2 Å². The highest BCUT2D eigenvalue weighted by atomic mass is 32.1. The molecule has 0 spiro atoms. The van der Waals surface area contributed by atoms with Gasteiger partial charge in [0, 0.05) is 24.5 Å². The number of aromatic nitrogens is 5. The van der Waals surface area contributed by atoms with Crippen LogP contribution in [-0.4, -0.2) is 50.9 Å². The van der Waals surface area contributed by atoms with Crippen molar-refractivity contribution in [2.75, 3.05) is 36.4 Å². The van der Waals surface area contributed by atoms with Crippen molar-refractivity contribution in [1.82, 2.24) is 30.0 Å². The van der Waals surface area contributed by atoms with Gasteiger partial charge in [0.15, 0.2) is 5.82 Å². The Morgan fingerprint density at radius 2 is 2.12 bits per heavy atom. The molecule has 1 atom stereocenters. The number of hydrogen-bond acceptors (Lipinski definition) is 8. The van der Waals surface area contributed by atoms with E-state index in [1.165, 1.54) is 4.88 Å². The first-order chi connectivity index (χ1) is 15.4. The molecule has 2 N–H and O–H groups in total. The standard InChI is InChI=1S/C20H25F3N8S/c1-2-3-13-8-14-16(26-19(27-17(14)32-13)25-10-12-4-5-24-9-12)30-6-7-31-15(11-30)28-29-18(31)20(21,22)23/h8,12,24H,2-7,9-11H2,1H3,(H,25,26,27)/t12-/m1/s1. The number of halogens is 3. The van der Waals surface area contributed by atoms with Crippen LogP contribution in [0, 0.1) is 5.92 Å². The molecular weight excluding hydrogens is 441 g/mol. The molecular formula is C20H25F3N8S. The molecule has 0 bridgehead atoms. The molecule has 12 heteroatoms. The molecule has 32 heavy (non-hydrogen) atoms. The lowest BCUT2D eigenvalue weighted by Crippen LogP contribution is -2.36. The number of nitrogens with zero attached hydrogens (tertiary/aromatic N) is 6. The Hall–Kier alpha value is -2.47. The quantitative estimate of drug-likeness (QED) is 0.577. The predicted octanol–water partition coefficient (Wildman–Crippen LogP) is 3.30. The third kappa shape index (κ3) is 4.13. The van der Waals surface area contributed by atoms with E-state index < -0.39 is 12.0 Å². The van der Waals surface area contributed by atoms with Crippen molar-refractivity contribution in [3.8, 4) is 0 Å². The van der Waals surface area contributed by atoms with Gasteiger partial charge in [-0.3, -0.25) is 0 Å². The van der Waals surface area contributed by atoms with Crippen LogP contribution in [0.15, 0.2) is 6.07 Å². The average Bonchev–Trinajstić information content (AvgIpc) is 3.49. The summed E-state index contributed by atoms with van der Waals surface area (Å²) in [5, 5.41) is 14.9. The highest BCUT2D eigenvalue weighted by Gasteiger charge is 2.39. The SMILES string of the molecule is CCCc1cc2c(N3CCn4c(nnc4C(F)(F)F)C3)nc(NC[C@@H]3CCNC3)nc2s1. The number of alkyl halides is 3. The summed E-state index contributed by atoms with van der Waals surface area (Å²) in [5.41, 5.74) is 0. The summed E-state index contributed by atoms with van der Waals surface area (Å²) in [5.74, 6) is 1.20. The molecule has 2 aliphatic rings. The highest BCUT2D eigenvalue weighted by molar-refractivity contribution is 7.18. The van der Waals surface area contributed by atoms with Crippen LogP contribution < -0.4 is 15.5 Å². The zero-order valence-corrected chi connectivity index (χ0v) is 18.6. The van der Waals surface area contributed by atoms with Gasteiger partial charge in [-0.05, 0) is 37.9 Å². The van der Waals surface area contributed by atoms with Crippen molar-refractivity contribution in [3.63, 3.8) is 0 Å². The fraction of sp³-hybridized carbons (Fsp3) is 0.600. The molecule has 1 saturated heterocycles. The van der Waals surface area contributed by atoms with Gasteiger partial charge in [0.2, 0.25) is 11.8 Å². The Morgan fingerprint density at radius 1 is 1.25 bits per heavy atom. The molecule has 3 aromatic rings. The van der Waals surface area contributed by atoms with E-state index in [9.17, 15) is 13.2 Å². The molecule has 5 rings (SSSR count). The van der Waals surface area contributed by atoms with Gasteiger partial charge in [-0.2, -0.15) is 18.2 Å². The first kappa shape index (κ1) is 21.4. The molecule has 1 fully saturated rings. The van der Waals surface area contributed by atoms with E-state index >= 15 is 0 Å². The molecule has 5 heterocycles.